The van der Waals surface area contributed by atoms with Crippen LogP contribution in [0.5, 0.6) is 0 Å². The summed E-state index contributed by atoms with van der Waals surface area (Å²) in [5.41, 5.74) is 8.46. The SMILES string of the molecule is Cc1ccc(F)cc1CC(N)c1ccc(Cl)c(F)c1. The van der Waals surface area contributed by atoms with Crippen molar-refractivity contribution in [1.29, 1.82) is 0 Å². The molecule has 0 aliphatic carbocycles. The van der Waals surface area contributed by atoms with Gasteiger partial charge in [0.05, 0.1) is 5.02 Å². The van der Waals surface area contributed by atoms with Gasteiger partial charge in [0.25, 0.3) is 0 Å². The molecular formula is C15H14ClF2N. The molecule has 0 spiro atoms. The van der Waals surface area contributed by atoms with Gasteiger partial charge >= 0.3 is 0 Å². The van der Waals surface area contributed by atoms with Crippen LogP contribution in [0.1, 0.15) is 22.7 Å². The van der Waals surface area contributed by atoms with E-state index in [2.05, 4.69) is 0 Å². The minimum atomic E-state index is -0.495. The second kappa shape index (κ2) is 5.68. The van der Waals surface area contributed by atoms with Crippen LogP contribution in [0.25, 0.3) is 0 Å². The average Bonchev–Trinajstić information content (AvgIpc) is 2.37. The number of rotatable bonds is 3. The van der Waals surface area contributed by atoms with Crippen molar-refractivity contribution in [2.75, 3.05) is 0 Å². The fourth-order valence-electron chi connectivity index (χ4n) is 1.96. The summed E-state index contributed by atoms with van der Waals surface area (Å²) < 4.78 is 26.6. The van der Waals surface area contributed by atoms with Crippen LogP contribution in [0.4, 0.5) is 8.78 Å². The van der Waals surface area contributed by atoms with E-state index in [1.165, 1.54) is 24.3 Å². The zero-order chi connectivity index (χ0) is 14.0. The molecule has 0 fully saturated rings. The van der Waals surface area contributed by atoms with Crippen LogP contribution in [0.2, 0.25) is 5.02 Å². The van der Waals surface area contributed by atoms with Gasteiger partial charge in [-0.25, -0.2) is 8.78 Å². The van der Waals surface area contributed by atoms with Crippen molar-refractivity contribution in [3.8, 4) is 0 Å². The number of aryl methyl sites for hydroxylation is 1. The van der Waals surface area contributed by atoms with Crippen LogP contribution < -0.4 is 5.73 Å². The van der Waals surface area contributed by atoms with E-state index in [9.17, 15) is 8.78 Å². The molecular weight excluding hydrogens is 268 g/mol. The Hall–Kier alpha value is -1.45. The van der Waals surface area contributed by atoms with Crippen molar-refractivity contribution < 1.29 is 8.78 Å². The highest BCUT2D eigenvalue weighted by Gasteiger charge is 2.11. The molecule has 1 nitrogen and oxygen atoms in total. The molecule has 0 aliphatic heterocycles. The monoisotopic (exact) mass is 281 g/mol. The number of benzene rings is 2. The molecule has 4 heteroatoms. The summed E-state index contributed by atoms with van der Waals surface area (Å²) in [5, 5.41) is 0.0675. The average molecular weight is 282 g/mol. The molecule has 0 heterocycles. The number of halogens is 3. The molecule has 2 aromatic rings. The van der Waals surface area contributed by atoms with E-state index in [1.54, 1.807) is 12.1 Å². The molecule has 0 saturated carbocycles. The predicted octanol–water partition coefficient (Wildman–Crippen LogP) is 4.17. The van der Waals surface area contributed by atoms with Gasteiger partial charge < -0.3 is 5.73 Å². The van der Waals surface area contributed by atoms with Gasteiger partial charge in [0.15, 0.2) is 0 Å². The Labute approximate surface area is 116 Å². The Bertz CT molecular complexity index is 599. The standard InChI is InChI=1S/C15H14ClF2N/c1-9-2-4-12(17)6-11(9)8-15(19)10-3-5-13(16)14(18)7-10/h2-7,15H,8,19H2,1H3. The minimum Gasteiger partial charge on any atom is -0.324 e. The van der Waals surface area contributed by atoms with Crippen molar-refractivity contribution in [3.63, 3.8) is 0 Å². The lowest BCUT2D eigenvalue weighted by Crippen LogP contribution is -2.14. The van der Waals surface area contributed by atoms with E-state index in [1.807, 2.05) is 6.92 Å². The molecule has 0 bridgehead atoms. The highest BCUT2D eigenvalue weighted by atomic mass is 35.5. The van der Waals surface area contributed by atoms with Gasteiger partial charge in [0.1, 0.15) is 11.6 Å². The summed E-state index contributed by atoms with van der Waals surface area (Å²) in [4.78, 5) is 0. The van der Waals surface area contributed by atoms with Gasteiger partial charge in [-0.15, -0.1) is 0 Å². The Balaban J connectivity index is 2.22. The van der Waals surface area contributed by atoms with Crippen LogP contribution in [0.15, 0.2) is 36.4 Å². The van der Waals surface area contributed by atoms with Gasteiger partial charge in [-0.3, -0.25) is 0 Å². The molecule has 2 rings (SSSR count). The highest BCUT2D eigenvalue weighted by molar-refractivity contribution is 6.30. The van der Waals surface area contributed by atoms with Gasteiger partial charge in [0.2, 0.25) is 0 Å². The molecule has 2 N–H and O–H groups in total. The van der Waals surface area contributed by atoms with Crippen LogP contribution in [-0.2, 0) is 6.42 Å². The third-order valence-corrected chi connectivity index (χ3v) is 3.43. The molecule has 0 radical (unpaired) electrons. The normalized spacial score (nSPS) is 12.5. The van der Waals surface area contributed by atoms with E-state index in [0.29, 0.717) is 12.0 Å². The third-order valence-electron chi connectivity index (χ3n) is 3.12. The number of nitrogens with two attached hydrogens (primary N) is 1. The Morgan fingerprint density at radius 1 is 1.16 bits per heavy atom. The van der Waals surface area contributed by atoms with Crippen molar-refractivity contribution >= 4 is 11.6 Å². The van der Waals surface area contributed by atoms with Crippen molar-refractivity contribution in [3.05, 3.63) is 69.7 Å². The molecule has 0 aliphatic rings. The molecule has 2 aromatic carbocycles. The van der Waals surface area contributed by atoms with Crippen LogP contribution in [0.3, 0.4) is 0 Å². The maximum Gasteiger partial charge on any atom is 0.142 e. The van der Waals surface area contributed by atoms with E-state index in [-0.39, 0.29) is 10.8 Å². The quantitative estimate of drug-likeness (QED) is 0.898. The first-order valence-electron chi connectivity index (χ1n) is 5.93. The van der Waals surface area contributed by atoms with E-state index >= 15 is 0 Å². The minimum absolute atomic E-state index is 0.0675. The van der Waals surface area contributed by atoms with Gasteiger partial charge in [-0.2, -0.15) is 0 Å². The number of hydrogen-bond acceptors (Lipinski definition) is 1. The second-order valence-electron chi connectivity index (χ2n) is 4.55. The number of hydrogen-bond donors (Lipinski definition) is 1. The lowest BCUT2D eigenvalue weighted by Gasteiger charge is -2.14. The van der Waals surface area contributed by atoms with E-state index in [0.717, 1.165) is 11.1 Å². The Morgan fingerprint density at radius 3 is 2.58 bits per heavy atom. The summed E-state index contributed by atoms with van der Waals surface area (Å²) in [6.07, 6.45) is 0.449. The van der Waals surface area contributed by atoms with Crippen molar-refractivity contribution in [2.45, 2.75) is 19.4 Å². The van der Waals surface area contributed by atoms with Gasteiger partial charge in [0, 0.05) is 6.04 Å². The topological polar surface area (TPSA) is 26.0 Å². The molecule has 0 saturated heterocycles. The maximum absolute atomic E-state index is 13.4. The lowest BCUT2D eigenvalue weighted by atomic mass is 9.96. The summed E-state index contributed by atoms with van der Waals surface area (Å²) in [6.45, 7) is 1.89. The predicted molar refractivity (Wildman–Crippen MR) is 73.2 cm³/mol. The molecule has 0 aromatic heterocycles. The molecule has 1 atom stereocenters. The summed E-state index contributed by atoms with van der Waals surface area (Å²) in [7, 11) is 0. The summed E-state index contributed by atoms with van der Waals surface area (Å²) in [6, 6.07) is 8.66. The smallest absolute Gasteiger partial charge is 0.142 e. The van der Waals surface area contributed by atoms with E-state index < -0.39 is 11.9 Å². The van der Waals surface area contributed by atoms with E-state index in [4.69, 9.17) is 17.3 Å². The fraction of sp³-hybridized carbons (Fsp3) is 0.200. The Morgan fingerprint density at radius 2 is 1.89 bits per heavy atom. The summed E-state index contributed by atoms with van der Waals surface area (Å²) >= 11 is 5.63. The first-order valence-corrected chi connectivity index (χ1v) is 6.30. The van der Waals surface area contributed by atoms with Gasteiger partial charge in [-0.05, 0) is 54.3 Å². The second-order valence-corrected chi connectivity index (χ2v) is 4.96. The lowest BCUT2D eigenvalue weighted by molar-refractivity contribution is 0.613. The third kappa shape index (κ3) is 3.31. The van der Waals surface area contributed by atoms with Crippen LogP contribution >= 0.6 is 11.6 Å². The molecule has 100 valence electrons. The van der Waals surface area contributed by atoms with Crippen LogP contribution in [0, 0.1) is 18.6 Å². The largest absolute Gasteiger partial charge is 0.324 e. The highest BCUT2D eigenvalue weighted by Crippen LogP contribution is 2.23. The molecule has 19 heavy (non-hydrogen) atoms. The Kier molecular flexibility index (Phi) is 4.17. The maximum atomic E-state index is 13.4. The summed E-state index contributed by atoms with van der Waals surface area (Å²) in [5.74, 6) is -0.791. The first-order chi connectivity index (χ1) is 8.97. The zero-order valence-electron chi connectivity index (χ0n) is 10.5. The molecule has 0 amide bonds. The van der Waals surface area contributed by atoms with Crippen molar-refractivity contribution in [2.24, 2.45) is 5.73 Å². The first kappa shape index (κ1) is 14.0. The fourth-order valence-corrected chi connectivity index (χ4v) is 2.08. The van der Waals surface area contributed by atoms with Crippen molar-refractivity contribution in [1.82, 2.24) is 0 Å². The molecule has 1 unspecified atom stereocenters. The van der Waals surface area contributed by atoms with Gasteiger partial charge in [-0.1, -0.05) is 23.7 Å². The zero-order valence-corrected chi connectivity index (χ0v) is 11.2. The van der Waals surface area contributed by atoms with Crippen LogP contribution in [-0.4, -0.2) is 0 Å².